The van der Waals surface area contributed by atoms with Crippen LogP contribution in [-0.4, -0.2) is 24.4 Å². The highest BCUT2D eigenvalue weighted by atomic mass is 16.1. The van der Waals surface area contributed by atoms with Crippen LogP contribution in [0.25, 0.3) is 6.08 Å². The molecule has 17 heavy (non-hydrogen) atoms. The first kappa shape index (κ1) is 13.0. The second-order valence-electron chi connectivity index (χ2n) is 3.62. The Bertz CT molecular complexity index is 456. The van der Waals surface area contributed by atoms with Crippen LogP contribution >= 0.6 is 0 Å². The molecule has 0 atom stereocenters. The Morgan fingerprint density at radius 3 is 2.35 bits per heavy atom. The Balaban J connectivity index is 2.56. The Hall–Kier alpha value is -2.03. The van der Waals surface area contributed by atoms with Crippen LogP contribution in [0.5, 0.6) is 0 Å². The molecule has 0 unspecified atom stereocenters. The highest BCUT2D eigenvalue weighted by Crippen LogP contribution is 2.03. The smallest absolute Gasteiger partial charge is 0.173 e. The predicted octanol–water partition coefficient (Wildman–Crippen LogP) is 2.76. The molecule has 88 valence electrons. The van der Waals surface area contributed by atoms with E-state index in [0.29, 0.717) is 5.71 Å². The van der Waals surface area contributed by atoms with Gasteiger partial charge in [-0.25, -0.2) is 0 Å². The zero-order valence-electron chi connectivity index (χ0n) is 10.2. The minimum absolute atomic E-state index is 0.0180. The highest BCUT2D eigenvalue weighted by Gasteiger charge is 1.94. The molecule has 0 aromatic heterocycles. The van der Waals surface area contributed by atoms with Crippen LogP contribution in [0.1, 0.15) is 25.0 Å². The summed E-state index contributed by atoms with van der Waals surface area (Å²) >= 11 is 0. The molecule has 1 aromatic carbocycles. The summed E-state index contributed by atoms with van der Waals surface area (Å²) in [7, 11) is 0. The Morgan fingerprint density at radius 1 is 1.24 bits per heavy atom. The molecule has 0 N–H and O–H groups in total. The SMILES string of the molecule is C=Cc1ccc(C=NCN=C(C)C(C)=O)cc1. The number of rotatable bonds is 5. The molecule has 0 heterocycles. The first-order valence-electron chi connectivity index (χ1n) is 5.38. The molecule has 0 spiro atoms. The van der Waals surface area contributed by atoms with Crippen molar-refractivity contribution in [3.05, 3.63) is 42.0 Å². The van der Waals surface area contributed by atoms with E-state index in [-0.39, 0.29) is 12.5 Å². The molecule has 3 heteroatoms. The number of Topliss-reactive ketones (excluding diaryl/α,β-unsaturated/α-hetero) is 1. The average molecular weight is 228 g/mol. The molecule has 1 aromatic rings. The van der Waals surface area contributed by atoms with Gasteiger partial charge >= 0.3 is 0 Å². The molecule has 0 saturated carbocycles. The number of nitrogens with zero attached hydrogens (tertiary/aromatic N) is 2. The van der Waals surface area contributed by atoms with E-state index in [9.17, 15) is 4.79 Å². The molecular weight excluding hydrogens is 212 g/mol. The summed E-state index contributed by atoms with van der Waals surface area (Å²) in [4.78, 5) is 19.0. The maximum atomic E-state index is 10.9. The van der Waals surface area contributed by atoms with Gasteiger partial charge in [0.1, 0.15) is 6.67 Å². The van der Waals surface area contributed by atoms with Crippen molar-refractivity contribution in [3.63, 3.8) is 0 Å². The molecule has 0 bridgehead atoms. The lowest BCUT2D eigenvalue weighted by Crippen LogP contribution is -2.04. The topological polar surface area (TPSA) is 41.8 Å². The number of hydrogen-bond acceptors (Lipinski definition) is 3. The van der Waals surface area contributed by atoms with Gasteiger partial charge in [-0.3, -0.25) is 14.8 Å². The first-order chi connectivity index (χ1) is 8.13. The molecule has 0 amide bonds. The summed E-state index contributed by atoms with van der Waals surface area (Å²) < 4.78 is 0. The van der Waals surface area contributed by atoms with Crippen LogP contribution in [0, 0.1) is 0 Å². The van der Waals surface area contributed by atoms with Crippen molar-refractivity contribution in [1.82, 2.24) is 0 Å². The van der Waals surface area contributed by atoms with Crippen LogP contribution in [-0.2, 0) is 4.79 Å². The van der Waals surface area contributed by atoms with E-state index < -0.39 is 0 Å². The van der Waals surface area contributed by atoms with Gasteiger partial charge in [0, 0.05) is 13.1 Å². The lowest BCUT2D eigenvalue weighted by Gasteiger charge is -1.95. The molecular formula is C14H16N2O. The minimum atomic E-state index is -0.0180. The number of ketones is 1. The van der Waals surface area contributed by atoms with Crippen LogP contribution < -0.4 is 0 Å². The fourth-order valence-corrected chi connectivity index (χ4v) is 1.12. The Kier molecular flexibility index (Phi) is 5.01. The summed E-state index contributed by atoms with van der Waals surface area (Å²) in [5, 5.41) is 0. The third-order valence-electron chi connectivity index (χ3n) is 2.31. The van der Waals surface area contributed by atoms with Crippen molar-refractivity contribution < 1.29 is 4.79 Å². The van der Waals surface area contributed by atoms with E-state index in [1.807, 2.05) is 24.3 Å². The standard InChI is InChI=1S/C14H16N2O/c1-4-13-5-7-14(8-6-13)9-15-10-16-11(2)12(3)17/h4-9H,1,10H2,2-3H3. The minimum Gasteiger partial charge on any atom is -0.293 e. The lowest BCUT2D eigenvalue weighted by atomic mass is 10.1. The third-order valence-corrected chi connectivity index (χ3v) is 2.31. The van der Waals surface area contributed by atoms with Gasteiger partial charge in [0.2, 0.25) is 0 Å². The normalized spacial score (nSPS) is 11.8. The van der Waals surface area contributed by atoms with Gasteiger partial charge in [-0.2, -0.15) is 0 Å². The summed E-state index contributed by atoms with van der Waals surface area (Å²) in [6.45, 7) is 7.16. The summed E-state index contributed by atoms with van der Waals surface area (Å²) in [6.07, 6.45) is 3.53. The maximum Gasteiger partial charge on any atom is 0.173 e. The van der Waals surface area contributed by atoms with Crippen LogP contribution in [0.4, 0.5) is 0 Å². The van der Waals surface area contributed by atoms with Crippen molar-refractivity contribution in [2.24, 2.45) is 9.98 Å². The van der Waals surface area contributed by atoms with E-state index in [4.69, 9.17) is 0 Å². The number of carbonyl (C=O) groups is 1. The number of aliphatic imine (C=N–C) groups is 2. The molecule has 0 fully saturated rings. The van der Waals surface area contributed by atoms with E-state index in [1.165, 1.54) is 6.92 Å². The summed E-state index contributed by atoms with van der Waals surface area (Å²) in [5.41, 5.74) is 2.59. The number of hydrogen-bond donors (Lipinski definition) is 0. The third kappa shape index (κ3) is 4.55. The van der Waals surface area contributed by atoms with Gasteiger partial charge in [0.25, 0.3) is 0 Å². The van der Waals surface area contributed by atoms with Crippen molar-refractivity contribution in [3.8, 4) is 0 Å². The van der Waals surface area contributed by atoms with Gasteiger partial charge in [0.05, 0.1) is 5.71 Å². The molecule has 3 nitrogen and oxygen atoms in total. The molecule has 0 radical (unpaired) electrons. The lowest BCUT2D eigenvalue weighted by molar-refractivity contribution is -0.111. The summed E-state index contributed by atoms with van der Waals surface area (Å²) in [5.74, 6) is -0.0180. The zero-order valence-corrected chi connectivity index (χ0v) is 10.2. The van der Waals surface area contributed by atoms with Crippen molar-refractivity contribution >= 4 is 23.8 Å². The number of benzene rings is 1. The van der Waals surface area contributed by atoms with Gasteiger partial charge in [-0.1, -0.05) is 36.9 Å². The predicted molar refractivity (Wildman–Crippen MR) is 72.8 cm³/mol. The molecule has 0 aliphatic rings. The Morgan fingerprint density at radius 2 is 1.82 bits per heavy atom. The zero-order chi connectivity index (χ0) is 12.7. The Labute approximate surface area is 102 Å². The average Bonchev–Trinajstić information content (AvgIpc) is 2.35. The molecule has 1 rings (SSSR count). The quantitative estimate of drug-likeness (QED) is 0.714. The monoisotopic (exact) mass is 228 g/mol. The van der Waals surface area contributed by atoms with E-state index in [2.05, 4.69) is 16.6 Å². The van der Waals surface area contributed by atoms with E-state index in [1.54, 1.807) is 19.2 Å². The van der Waals surface area contributed by atoms with Crippen molar-refractivity contribution in [1.29, 1.82) is 0 Å². The van der Waals surface area contributed by atoms with E-state index in [0.717, 1.165) is 11.1 Å². The van der Waals surface area contributed by atoms with Crippen LogP contribution in [0.15, 0.2) is 40.8 Å². The molecule has 0 aliphatic carbocycles. The highest BCUT2D eigenvalue weighted by molar-refractivity contribution is 6.37. The second-order valence-corrected chi connectivity index (χ2v) is 3.62. The van der Waals surface area contributed by atoms with Gasteiger partial charge in [0.15, 0.2) is 5.78 Å². The van der Waals surface area contributed by atoms with Crippen molar-refractivity contribution in [2.75, 3.05) is 6.67 Å². The second kappa shape index (κ2) is 6.53. The number of carbonyl (C=O) groups excluding carboxylic acids is 1. The van der Waals surface area contributed by atoms with Crippen LogP contribution in [0.2, 0.25) is 0 Å². The van der Waals surface area contributed by atoms with Gasteiger partial charge in [-0.15, -0.1) is 0 Å². The maximum absolute atomic E-state index is 10.9. The van der Waals surface area contributed by atoms with Crippen LogP contribution in [0.3, 0.4) is 0 Å². The van der Waals surface area contributed by atoms with Crippen molar-refractivity contribution in [2.45, 2.75) is 13.8 Å². The molecule has 0 saturated heterocycles. The first-order valence-corrected chi connectivity index (χ1v) is 5.38. The fraction of sp³-hybridized carbons (Fsp3) is 0.214. The van der Waals surface area contributed by atoms with E-state index >= 15 is 0 Å². The summed E-state index contributed by atoms with van der Waals surface area (Å²) in [6, 6.07) is 7.86. The van der Waals surface area contributed by atoms with Gasteiger partial charge < -0.3 is 0 Å². The largest absolute Gasteiger partial charge is 0.293 e. The van der Waals surface area contributed by atoms with Gasteiger partial charge in [-0.05, 0) is 18.1 Å². The fourth-order valence-electron chi connectivity index (χ4n) is 1.12. The molecule has 0 aliphatic heterocycles.